The molecule has 0 N–H and O–H groups in total. The fourth-order valence-corrected chi connectivity index (χ4v) is 5.81. The van der Waals surface area contributed by atoms with Gasteiger partial charge >= 0.3 is 6.18 Å². The monoisotopic (exact) mass is 477 g/mol. The SMILES string of the molecule is O=C(C1CN(CCCN2C3CC[C@@H]2CC(Oc2ccc(F)cc2)C3)c2ncccc21)C(F)(F)F. The number of carbonyl (C=O) groups excluding carboxylic acids is 1. The number of nitrogens with zero attached hydrogens (tertiary/aromatic N) is 3. The van der Waals surface area contributed by atoms with Crippen molar-refractivity contribution in [3.05, 3.63) is 54.0 Å². The van der Waals surface area contributed by atoms with E-state index in [0.717, 1.165) is 38.6 Å². The highest BCUT2D eigenvalue weighted by Gasteiger charge is 2.48. The predicted molar refractivity (Wildman–Crippen MR) is 118 cm³/mol. The summed E-state index contributed by atoms with van der Waals surface area (Å²) in [5.74, 6) is -2.03. The van der Waals surface area contributed by atoms with E-state index in [1.807, 2.05) is 4.90 Å². The Hall–Kier alpha value is -2.68. The first-order chi connectivity index (χ1) is 16.3. The third-order valence-electron chi connectivity index (χ3n) is 7.29. The highest BCUT2D eigenvalue weighted by molar-refractivity contribution is 5.93. The second kappa shape index (κ2) is 9.17. The van der Waals surface area contributed by atoms with Gasteiger partial charge in [0, 0.05) is 43.5 Å². The van der Waals surface area contributed by atoms with E-state index in [2.05, 4.69) is 9.88 Å². The average Bonchev–Trinajstić information content (AvgIpc) is 3.28. The zero-order valence-corrected chi connectivity index (χ0v) is 18.7. The number of carbonyl (C=O) groups is 1. The summed E-state index contributed by atoms with van der Waals surface area (Å²) >= 11 is 0. The van der Waals surface area contributed by atoms with Crippen LogP contribution in [0.4, 0.5) is 23.4 Å². The summed E-state index contributed by atoms with van der Waals surface area (Å²) in [6.45, 7) is 1.41. The molecule has 3 unspecified atom stereocenters. The van der Waals surface area contributed by atoms with Crippen molar-refractivity contribution in [1.29, 1.82) is 0 Å². The van der Waals surface area contributed by atoms with Crippen molar-refractivity contribution < 1.29 is 27.1 Å². The van der Waals surface area contributed by atoms with E-state index in [1.165, 1.54) is 12.1 Å². The maximum atomic E-state index is 13.1. The van der Waals surface area contributed by atoms with Crippen molar-refractivity contribution in [3.8, 4) is 5.75 Å². The van der Waals surface area contributed by atoms with Gasteiger partial charge in [-0.15, -0.1) is 0 Å². The smallest absolute Gasteiger partial charge is 0.450 e. The molecular weight excluding hydrogens is 450 g/mol. The molecule has 5 nitrogen and oxygen atoms in total. The molecule has 9 heteroatoms. The molecule has 34 heavy (non-hydrogen) atoms. The van der Waals surface area contributed by atoms with Gasteiger partial charge in [-0.2, -0.15) is 13.2 Å². The highest BCUT2D eigenvalue weighted by atomic mass is 19.4. The lowest BCUT2D eigenvalue weighted by atomic mass is 9.98. The van der Waals surface area contributed by atoms with Gasteiger partial charge < -0.3 is 9.64 Å². The van der Waals surface area contributed by atoms with Crippen LogP contribution in [0.1, 0.15) is 43.6 Å². The maximum absolute atomic E-state index is 13.1. The summed E-state index contributed by atoms with van der Waals surface area (Å²) in [6, 6.07) is 10.1. The standard InChI is InChI=1S/C25H27F4N3O2/c26-16-4-8-19(9-5-16)34-20-13-17-6-7-18(14-20)32(17)12-2-11-31-15-22(23(33)25(27,28)29)21-3-1-10-30-24(21)31/h1,3-5,8-10,17-18,20,22H,2,6-7,11-15H2/t17-,18?,20?,22?/m1/s1. The van der Waals surface area contributed by atoms with Crippen molar-refractivity contribution in [2.24, 2.45) is 0 Å². The van der Waals surface area contributed by atoms with Crippen molar-refractivity contribution in [1.82, 2.24) is 9.88 Å². The van der Waals surface area contributed by atoms with Crippen molar-refractivity contribution in [3.63, 3.8) is 0 Å². The Bertz CT molecular complexity index is 1020. The van der Waals surface area contributed by atoms with E-state index >= 15 is 0 Å². The number of piperidine rings is 1. The molecule has 0 saturated carbocycles. The van der Waals surface area contributed by atoms with Crippen molar-refractivity contribution in [2.75, 3.05) is 24.5 Å². The Morgan fingerprint density at radius 2 is 1.76 bits per heavy atom. The molecule has 3 aliphatic rings. The van der Waals surface area contributed by atoms with Crippen molar-refractivity contribution >= 4 is 11.6 Å². The molecule has 2 saturated heterocycles. The predicted octanol–water partition coefficient (Wildman–Crippen LogP) is 4.72. The third-order valence-corrected chi connectivity index (χ3v) is 7.29. The summed E-state index contributed by atoms with van der Waals surface area (Å²) in [4.78, 5) is 20.5. The lowest BCUT2D eigenvalue weighted by Gasteiger charge is -2.39. The summed E-state index contributed by atoms with van der Waals surface area (Å²) in [7, 11) is 0. The number of ketones is 1. The van der Waals surface area contributed by atoms with Crippen LogP contribution in [0.5, 0.6) is 5.75 Å². The van der Waals surface area contributed by atoms with Gasteiger partial charge in [0.2, 0.25) is 5.78 Å². The van der Waals surface area contributed by atoms with Gasteiger partial charge in [-0.25, -0.2) is 9.37 Å². The van der Waals surface area contributed by atoms with Crippen LogP contribution < -0.4 is 9.64 Å². The number of alkyl halides is 3. The molecule has 2 bridgehead atoms. The van der Waals surface area contributed by atoms with Gasteiger partial charge in [-0.1, -0.05) is 6.07 Å². The van der Waals surface area contributed by atoms with E-state index in [-0.39, 0.29) is 18.5 Å². The Morgan fingerprint density at radius 1 is 1.06 bits per heavy atom. The highest BCUT2D eigenvalue weighted by Crippen LogP contribution is 2.40. The number of hydrogen-bond acceptors (Lipinski definition) is 5. The molecule has 0 aliphatic carbocycles. The lowest BCUT2D eigenvalue weighted by Crippen LogP contribution is -2.47. The van der Waals surface area contributed by atoms with Crippen LogP contribution in [0.15, 0.2) is 42.6 Å². The van der Waals surface area contributed by atoms with Gasteiger partial charge in [0.25, 0.3) is 0 Å². The summed E-state index contributed by atoms with van der Waals surface area (Å²) in [6.07, 6.45) is 1.59. The number of hydrogen-bond donors (Lipinski definition) is 0. The first-order valence-electron chi connectivity index (χ1n) is 11.8. The normalized spacial score (nSPS) is 26.5. The molecular formula is C25H27F4N3O2. The Morgan fingerprint density at radius 3 is 2.44 bits per heavy atom. The number of Topliss-reactive ketones (excluding diaryl/α,β-unsaturated/α-hetero) is 1. The van der Waals surface area contributed by atoms with E-state index in [9.17, 15) is 22.4 Å². The fourth-order valence-electron chi connectivity index (χ4n) is 5.81. The number of rotatable bonds is 7. The number of anilines is 1. The number of benzene rings is 1. The second-order valence-electron chi connectivity index (χ2n) is 9.42. The van der Waals surface area contributed by atoms with E-state index in [1.54, 1.807) is 30.5 Å². The Balaban J connectivity index is 1.16. The molecule has 2 aromatic rings. The first kappa shape index (κ1) is 23.1. The zero-order chi connectivity index (χ0) is 23.9. The molecule has 4 atom stereocenters. The van der Waals surface area contributed by atoms with Crippen LogP contribution in [0.2, 0.25) is 0 Å². The summed E-state index contributed by atoms with van der Waals surface area (Å²) in [5.41, 5.74) is 0.364. The molecule has 3 aliphatic heterocycles. The topological polar surface area (TPSA) is 45.7 Å². The minimum atomic E-state index is -4.85. The van der Waals surface area contributed by atoms with Crippen LogP contribution in [0, 0.1) is 5.82 Å². The van der Waals surface area contributed by atoms with Gasteiger partial charge in [0.15, 0.2) is 0 Å². The van der Waals surface area contributed by atoms with Gasteiger partial charge in [-0.3, -0.25) is 9.69 Å². The van der Waals surface area contributed by atoms with E-state index in [0.29, 0.717) is 35.8 Å². The second-order valence-corrected chi connectivity index (χ2v) is 9.42. The molecule has 1 aromatic carbocycles. The largest absolute Gasteiger partial charge is 0.490 e. The molecule has 1 aromatic heterocycles. The van der Waals surface area contributed by atoms with Gasteiger partial charge in [0.1, 0.15) is 23.5 Å². The number of halogens is 4. The van der Waals surface area contributed by atoms with Crippen LogP contribution >= 0.6 is 0 Å². The number of ether oxygens (including phenoxy) is 1. The maximum Gasteiger partial charge on any atom is 0.450 e. The Labute approximate surface area is 195 Å². The van der Waals surface area contributed by atoms with Crippen molar-refractivity contribution in [2.45, 2.75) is 62.4 Å². The molecule has 182 valence electrons. The van der Waals surface area contributed by atoms with Crippen LogP contribution in [-0.2, 0) is 4.79 Å². The number of fused-ring (bicyclic) bond motifs is 3. The van der Waals surface area contributed by atoms with Crippen LogP contribution in [0.25, 0.3) is 0 Å². The summed E-state index contributed by atoms with van der Waals surface area (Å²) in [5, 5.41) is 0. The average molecular weight is 478 g/mol. The minimum Gasteiger partial charge on any atom is -0.490 e. The number of aromatic nitrogens is 1. The van der Waals surface area contributed by atoms with E-state index < -0.39 is 17.9 Å². The van der Waals surface area contributed by atoms with Crippen LogP contribution in [0.3, 0.4) is 0 Å². The minimum absolute atomic E-state index is 0.0190. The third kappa shape index (κ3) is 4.62. The Kier molecular flexibility index (Phi) is 6.22. The zero-order valence-electron chi connectivity index (χ0n) is 18.7. The molecule has 5 rings (SSSR count). The van der Waals surface area contributed by atoms with Crippen LogP contribution in [-0.4, -0.2) is 59.7 Å². The molecule has 0 spiro atoms. The van der Waals surface area contributed by atoms with E-state index in [4.69, 9.17) is 4.74 Å². The number of pyridine rings is 1. The lowest BCUT2D eigenvalue weighted by molar-refractivity contribution is -0.172. The van der Waals surface area contributed by atoms with Gasteiger partial charge in [-0.05, 0) is 62.4 Å². The first-order valence-corrected chi connectivity index (χ1v) is 11.8. The van der Waals surface area contributed by atoms with Gasteiger partial charge in [0.05, 0.1) is 5.92 Å². The summed E-state index contributed by atoms with van der Waals surface area (Å²) < 4.78 is 58.5. The molecule has 2 fully saturated rings. The molecule has 4 heterocycles. The fraction of sp³-hybridized carbons (Fsp3) is 0.520. The molecule has 0 radical (unpaired) electrons. The molecule has 0 amide bonds. The quantitative estimate of drug-likeness (QED) is 0.540.